The first-order valence-corrected chi connectivity index (χ1v) is 8.85. The number of nitrogens with zero attached hydrogens (tertiary/aromatic N) is 3. The molecule has 2 saturated heterocycles. The number of hydrogen-bond acceptors (Lipinski definition) is 5. The van der Waals surface area contributed by atoms with E-state index in [0.717, 1.165) is 6.42 Å². The maximum atomic E-state index is 13.5. The first-order chi connectivity index (χ1) is 13.8. The molecule has 12 heteroatoms. The SMILES string of the molecule is CN1CC(=O)N(c2cccc(F)c2)CC12CCN(CC(=O)O)C2.O=C(O)C(F)(F)F. The molecule has 1 atom stereocenters. The number of alkyl halides is 3. The predicted molar refractivity (Wildman–Crippen MR) is 96.5 cm³/mol. The Kier molecular flexibility index (Phi) is 7.03. The van der Waals surface area contributed by atoms with Gasteiger partial charge in [-0.3, -0.25) is 19.4 Å². The summed E-state index contributed by atoms with van der Waals surface area (Å²) in [6.45, 7) is 1.97. The van der Waals surface area contributed by atoms with E-state index in [-0.39, 0.29) is 30.4 Å². The lowest BCUT2D eigenvalue weighted by Crippen LogP contribution is -2.64. The Labute approximate surface area is 169 Å². The lowest BCUT2D eigenvalue weighted by molar-refractivity contribution is -0.192. The van der Waals surface area contributed by atoms with Gasteiger partial charge in [0.05, 0.1) is 18.6 Å². The molecular weight excluding hydrogens is 414 g/mol. The molecule has 0 saturated carbocycles. The number of rotatable bonds is 3. The van der Waals surface area contributed by atoms with E-state index in [1.807, 2.05) is 16.8 Å². The first kappa shape index (κ1) is 23.5. The normalized spacial score (nSPS) is 22.7. The van der Waals surface area contributed by atoms with Gasteiger partial charge < -0.3 is 15.1 Å². The third kappa shape index (κ3) is 5.66. The molecule has 2 aliphatic heterocycles. The maximum absolute atomic E-state index is 13.5. The standard InChI is InChI=1S/C16H20FN3O3.C2HF3O2/c1-18-8-14(21)20(13-4-2-3-12(17)7-13)11-16(18)5-6-19(10-16)9-15(22)23;3-2(4,5)1(6)7/h2-4,7H,5-6,8-11H2,1H3,(H,22,23);(H,6,7). The molecule has 1 unspecified atom stereocenters. The topological polar surface area (TPSA) is 101 Å². The Bertz CT molecular complexity index is 819. The van der Waals surface area contributed by atoms with Crippen molar-refractivity contribution in [3.05, 3.63) is 30.1 Å². The third-order valence-electron chi connectivity index (χ3n) is 5.07. The summed E-state index contributed by atoms with van der Waals surface area (Å²) in [6.07, 6.45) is -4.30. The van der Waals surface area contributed by atoms with Gasteiger partial charge in [-0.25, -0.2) is 9.18 Å². The molecule has 1 amide bonds. The lowest BCUT2D eigenvalue weighted by Gasteiger charge is -2.47. The smallest absolute Gasteiger partial charge is 0.480 e. The Morgan fingerprint density at radius 3 is 2.37 bits per heavy atom. The van der Waals surface area contributed by atoms with Crippen LogP contribution < -0.4 is 4.90 Å². The number of halogens is 4. The molecule has 166 valence electrons. The van der Waals surface area contributed by atoms with Crippen molar-refractivity contribution in [2.75, 3.05) is 44.7 Å². The van der Waals surface area contributed by atoms with Crippen LogP contribution in [0.2, 0.25) is 0 Å². The summed E-state index contributed by atoms with van der Waals surface area (Å²) in [4.78, 5) is 37.7. The van der Waals surface area contributed by atoms with Crippen LogP contribution in [0.1, 0.15) is 6.42 Å². The van der Waals surface area contributed by atoms with Crippen molar-refractivity contribution < 1.29 is 42.2 Å². The van der Waals surface area contributed by atoms with Crippen molar-refractivity contribution >= 4 is 23.5 Å². The minimum atomic E-state index is -5.08. The van der Waals surface area contributed by atoms with Gasteiger partial charge in [-0.1, -0.05) is 6.07 Å². The van der Waals surface area contributed by atoms with Gasteiger partial charge in [0.2, 0.25) is 5.91 Å². The molecule has 8 nitrogen and oxygen atoms in total. The summed E-state index contributed by atoms with van der Waals surface area (Å²) in [7, 11) is 1.89. The molecule has 1 aromatic carbocycles. The number of benzene rings is 1. The number of likely N-dealkylation sites (N-methyl/N-ethyl adjacent to an activating group) is 1. The van der Waals surface area contributed by atoms with Crippen LogP contribution in [-0.2, 0) is 14.4 Å². The van der Waals surface area contributed by atoms with E-state index < -0.39 is 18.1 Å². The quantitative estimate of drug-likeness (QED) is 0.690. The largest absolute Gasteiger partial charge is 0.490 e. The second-order valence-corrected chi connectivity index (χ2v) is 7.20. The maximum Gasteiger partial charge on any atom is 0.490 e. The molecule has 0 aromatic heterocycles. The minimum absolute atomic E-state index is 0.00347. The molecule has 1 aromatic rings. The third-order valence-corrected chi connectivity index (χ3v) is 5.07. The highest BCUT2D eigenvalue weighted by Gasteiger charge is 2.47. The number of likely N-dealkylation sites (tertiary alicyclic amines) is 1. The van der Waals surface area contributed by atoms with E-state index in [0.29, 0.717) is 25.3 Å². The van der Waals surface area contributed by atoms with Crippen LogP contribution in [0.15, 0.2) is 24.3 Å². The summed E-state index contributed by atoms with van der Waals surface area (Å²) in [5, 5.41) is 16.1. The van der Waals surface area contributed by atoms with Gasteiger partial charge in [-0.05, 0) is 31.7 Å². The number of carbonyl (C=O) groups is 3. The number of carboxylic acids is 2. The van der Waals surface area contributed by atoms with Crippen molar-refractivity contribution in [2.24, 2.45) is 0 Å². The van der Waals surface area contributed by atoms with Crippen molar-refractivity contribution in [3.63, 3.8) is 0 Å². The highest BCUT2D eigenvalue weighted by Crippen LogP contribution is 2.33. The summed E-state index contributed by atoms with van der Waals surface area (Å²) in [5.41, 5.74) is 0.273. The Morgan fingerprint density at radius 1 is 1.20 bits per heavy atom. The van der Waals surface area contributed by atoms with E-state index in [4.69, 9.17) is 15.0 Å². The lowest BCUT2D eigenvalue weighted by atomic mass is 9.92. The minimum Gasteiger partial charge on any atom is -0.480 e. The molecule has 2 heterocycles. The zero-order chi connectivity index (χ0) is 22.7. The van der Waals surface area contributed by atoms with Gasteiger partial charge in [0.25, 0.3) is 0 Å². The van der Waals surface area contributed by atoms with Gasteiger partial charge in [0.15, 0.2) is 0 Å². The van der Waals surface area contributed by atoms with Crippen molar-refractivity contribution in [1.82, 2.24) is 9.80 Å². The molecule has 0 aliphatic carbocycles. The van der Waals surface area contributed by atoms with Crippen LogP contribution >= 0.6 is 0 Å². The highest BCUT2D eigenvalue weighted by atomic mass is 19.4. The number of carboxylic acid groups (broad SMARTS) is 2. The van der Waals surface area contributed by atoms with Gasteiger partial charge >= 0.3 is 18.1 Å². The highest BCUT2D eigenvalue weighted by molar-refractivity contribution is 5.96. The summed E-state index contributed by atoms with van der Waals surface area (Å²) < 4.78 is 45.2. The van der Waals surface area contributed by atoms with E-state index in [1.54, 1.807) is 17.0 Å². The fourth-order valence-electron chi connectivity index (χ4n) is 3.55. The van der Waals surface area contributed by atoms with Gasteiger partial charge in [-0.2, -0.15) is 13.2 Å². The summed E-state index contributed by atoms with van der Waals surface area (Å²) in [6, 6.07) is 6.03. The molecular formula is C18H21F4N3O5. The molecule has 0 bridgehead atoms. The van der Waals surface area contributed by atoms with E-state index in [9.17, 15) is 27.2 Å². The Balaban J connectivity index is 0.000000396. The zero-order valence-electron chi connectivity index (χ0n) is 16.0. The molecule has 3 rings (SSSR count). The van der Waals surface area contributed by atoms with Crippen LogP contribution in [-0.4, -0.2) is 89.3 Å². The Hall–Kier alpha value is -2.73. The van der Waals surface area contributed by atoms with Crippen LogP contribution in [0.3, 0.4) is 0 Å². The molecule has 2 aliphatic rings. The second kappa shape index (κ2) is 8.96. The molecule has 0 radical (unpaired) electrons. The van der Waals surface area contributed by atoms with Crippen molar-refractivity contribution in [3.8, 4) is 0 Å². The van der Waals surface area contributed by atoms with Crippen LogP contribution in [0.25, 0.3) is 0 Å². The van der Waals surface area contributed by atoms with Gasteiger partial charge in [0, 0.05) is 25.3 Å². The number of amides is 1. The average Bonchev–Trinajstić information content (AvgIpc) is 3.01. The van der Waals surface area contributed by atoms with Gasteiger partial charge in [-0.15, -0.1) is 0 Å². The van der Waals surface area contributed by atoms with Gasteiger partial charge in [0.1, 0.15) is 5.82 Å². The summed E-state index contributed by atoms with van der Waals surface area (Å²) >= 11 is 0. The Morgan fingerprint density at radius 2 is 1.83 bits per heavy atom. The average molecular weight is 435 g/mol. The number of aliphatic carboxylic acids is 2. The monoisotopic (exact) mass is 435 g/mol. The molecule has 1 spiro atoms. The number of hydrogen-bond donors (Lipinski definition) is 2. The number of anilines is 1. The first-order valence-electron chi connectivity index (χ1n) is 8.85. The number of carbonyl (C=O) groups excluding carboxylic acids is 1. The second-order valence-electron chi connectivity index (χ2n) is 7.20. The van der Waals surface area contributed by atoms with Crippen LogP contribution in [0, 0.1) is 5.82 Å². The fraction of sp³-hybridized carbons (Fsp3) is 0.500. The van der Waals surface area contributed by atoms with E-state index in [2.05, 4.69) is 0 Å². The van der Waals surface area contributed by atoms with E-state index >= 15 is 0 Å². The molecule has 2 fully saturated rings. The van der Waals surface area contributed by atoms with Crippen LogP contribution in [0.4, 0.5) is 23.2 Å². The van der Waals surface area contributed by atoms with Crippen molar-refractivity contribution in [2.45, 2.75) is 18.1 Å². The molecule has 30 heavy (non-hydrogen) atoms. The number of piperazine rings is 1. The summed E-state index contributed by atoms with van der Waals surface area (Å²) in [5.74, 6) is -4.05. The van der Waals surface area contributed by atoms with E-state index in [1.165, 1.54) is 12.1 Å². The van der Waals surface area contributed by atoms with Crippen molar-refractivity contribution in [1.29, 1.82) is 0 Å². The van der Waals surface area contributed by atoms with Crippen LogP contribution in [0.5, 0.6) is 0 Å². The predicted octanol–water partition coefficient (Wildman–Crippen LogP) is 1.27. The molecule has 2 N–H and O–H groups in total. The zero-order valence-corrected chi connectivity index (χ0v) is 16.0. The fourth-order valence-corrected chi connectivity index (χ4v) is 3.55.